The van der Waals surface area contributed by atoms with Gasteiger partial charge in [-0.3, -0.25) is 4.79 Å². The first kappa shape index (κ1) is 39.3. The molecule has 0 aliphatic heterocycles. The van der Waals surface area contributed by atoms with Crippen LogP contribution in [0.25, 0.3) is 88.6 Å². The van der Waals surface area contributed by atoms with E-state index >= 15 is 0 Å². The van der Waals surface area contributed by atoms with Crippen LogP contribution in [0.15, 0.2) is 191 Å². The van der Waals surface area contributed by atoms with Crippen LogP contribution >= 0.6 is 0 Å². The summed E-state index contributed by atoms with van der Waals surface area (Å²) in [5.41, 5.74) is 11.9. The van der Waals surface area contributed by atoms with E-state index in [0.717, 1.165) is 77.5 Å². The van der Waals surface area contributed by atoms with Crippen LogP contribution in [0, 0.1) is 12.1 Å². The quantitative estimate of drug-likeness (QED) is 0.105. The van der Waals surface area contributed by atoms with Crippen LogP contribution in [0.5, 0.6) is 0 Å². The average Bonchev–Trinajstić information content (AvgIpc) is 3.83. The molecule has 7 heteroatoms. The summed E-state index contributed by atoms with van der Waals surface area (Å²) < 4.78 is 12.2. The van der Waals surface area contributed by atoms with Crippen molar-refractivity contribution in [3.8, 4) is 44.8 Å². The summed E-state index contributed by atoms with van der Waals surface area (Å²) in [5.74, 6) is -0.0625. The van der Waals surface area contributed by atoms with Gasteiger partial charge in [0.1, 0.15) is 22.3 Å². The minimum absolute atomic E-state index is 0. The van der Waals surface area contributed by atoms with Gasteiger partial charge in [0.15, 0.2) is 5.78 Å². The summed E-state index contributed by atoms with van der Waals surface area (Å²) in [6.07, 6.45) is 4.75. The molecule has 0 saturated heterocycles. The molecule has 0 spiro atoms. The number of pyridine rings is 2. The van der Waals surface area contributed by atoms with Gasteiger partial charge in [-0.25, -0.2) is 0 Å². The second kappa shape index (κ2) is 17.9. The predicted molar refractivity (Wildman–Crippen MR) is 230 cm³/mol. The van der Waals surface area contributed by atoms with Gasteiger partial charge in [-0.05, 0) is 71.8 Å². The van der Waals surface area contributed by atoms with Crippen molar-refractivity contribution < 1.29 is 38.8 Å². The summed E-state index contributed by atoms with van der Waals surface area (Å²) >= 11 is 0. The molecule has 4 heterocycles. The number of carbonyl (C=O) groups is 1. The number of benzene rings is 6. The van der Waals surface area contributed by atoms with Gasteiger partial charge in [-0.1, -0.05) is 84.9 Å². The Morgan fingerprint density at radius 3 is 1.33 bits per heavy atom. The Hall–Kier alpha value is -6.92. The zero-order valence-electron chi connectivity index (χ0n) is 31.6. The fourth-order valence-corrected chi connectivity index (χ4v) is 6.85. The maximum Gasteiger partial charge on any atom is 0.155 e. The fourth-order valence-electron chi connectivity index (χ4n) is 6.85. The summed E-state index contributed by atoms with van der Waals surface area (Å²) in [4.78, 5) is 19.2. The van der Waals surface area contributed by atoms with E-state index in [-0.39, 0.29) is 31.6 Å². The first-order valence-corrected chi connectivity index (χ1v) is 18.5. The van der Waals surface area contributed by atoms with Gasteiger partial charge >= 0.3 is 0 Å². The summed E-state index contributed by atoms with van der Waals surface area (Å²) in [7, 11) is 0. The molecule has 6 aromatic carbocycles. The molecule has 10 aromatic rings. The number of hydrogen-bond acceptors (Lipinski definition) is 6. The third-order valence-electron chi connectivity index (χ3n) is 9.32. The zero-order chi connectivity index (χ0) is 39.1. The van der Waals surface area contributed by atoms with Crippen molar-refractivity contribution in [2.45, 2.75) is 13.8 Å². The SMILES string of the molecule is CC(=O)/C=C(/C)O.[Ir].[c-]1ccccc1-c1nccc2oc3cc(-c4ccccc4)ccc3c12.[c-]1ccccc1-c1nccc2oc3cc(-c4ccccc4)ccc3c12. The molecule has 285 valence electrons. The Morgan fingerprint density at radius 2 is 0.966 bits per heavy atom. The molecule has 1 N–H and O–H groups in total. The molecule has 58 heavy (non-hydrogen) atoms. The molecule has 0 aliphatic rings. The average molecular weight is 933 g/mol. The van der Waals surface area contributed by atoms with E-state index in [1.807, 2.05) is 97.1 Å². The number of aromatic nitrogens is 2. The van der Waals surface area contributed by atoms with E-state index in [1.54, 1.807) is 12.4 Å². The van der Waals surface area contributed by atoms with E-state index in [4.69, 9.17) is 13.9 Å². The van der Waals surface area contributed by atoms with E-state index in [2.05, 4.69) is 82.8 Å². The molecular formula is C51H36IrN2O4-2. The number of nitrogens with zero attached hydrogens (tertiary/aromatic N) is 2. The third kappa shape index (κ3) is 8.57. The van der Waals surface area contributed by atoms with Crippen LogP contribution in [-0.4, -0.2) is 20.9 Å². The van der Waals surface area contributed by atoms with Gasteiger partial charge in [0.05, 0.1) is 5.76 Å². The van der Waals surface area contributed by atoms with Crippen molar-refractivity contribution in [1.29, 1.82) is 0 Å². The van der Waals surface area contributed by atoms with Crippen molar-refractivity contribution in [2.24, 2.45) is 0 Å². The predicted octanol–water partition coefficient (Wildman–Crippen LogP) is 13.3. The topological polar surface area (TPSA) is 89.4 Å². The monoisotopic (exact) mass is 933 g/mol. The summed E-state index contributed by atoms with van der Waals surface area (Å²) in [6, 6.07) is 59.6. The molecule has 0 unspecified atom stereocenters. The van der Waals surface area contributed by atoms with Gasteiger partial charge in [0, 0.05) is 60.1 Å². The Kier molecular flexibility index (Phi) is 12.1. The van der Waals surface area contributed by atoms with Crippen molar-refractivity contribution in [3.05, 3.63) is 194 Å². The maximum atomic E-state index is 10.0. The Morgan fingerprint density at radius 1 is 0.534 bits per heavy atom. The van der Waals surface area contributed by atoms with Crippen LogP contribution in [0.1, 0.15) is 13.8 Å². The number of hydrogen-bond donors (Lipinski definition) is 1. The van der Waals surface area contributed by atoms with Gasteiger partial charge < -0.3 is 23.9 Å². The first-order chi connectivity index (χ1) is 27.9. The number of aliphatic hydroxyl groups excluding tert-OH is 1. The molecular weight excluding hydrogens is 897 g/mol. The van der Waals surface area contributed by atoms with E-state index in [1.165, 1.54) is 31.1 Å². The third-order valence-corrected chi connectivity index (χ3v) is 9.32. The van der Waals surface area contributed by atoms with Gasteiger partial charge in [0.25, 0.3) is 0 Å². The fraction of sp³-hybridized carbons (Fsp3) is 0.0392. The van der Waals surface area contributed by atoms with E-state index < -0.39 is 0 Å². The second-order valence-electron chi connectivity index (χ2n) is 13.4. The summed E-state index contributed by atoms with van der Waals surface area (Å²) in [5, 5.41) is 12.6. The normalized spacial score (nSPS) is 11.0. The summed E-state index contributed by atoms with van der Waals surface area (Å²) in [6.45, 7) is 2.85. The van der Waals surface area contributed by atoms with Gasteiger partial charge in [-0.15, -0.1) is 71.8 Å². The van der Waals surface area contributed by atoms with Crippen molar-refractivity contribution >= 4 is 49.7 Å². The molecule has 0 amide bonds. The zero-order valence-corrected chi connectivity index (χ0v) is 34.0. The minimum Gasteiger partial charge on any atom is -0.512 e. The van der Waals surface area contributed by atoms with Crippen molar-refractivity contribution in [2.75, 3.05) is 0 Å². The van der Waals surface area contributed by atoms with Crippen LogP contribution in [0.4, 0.5) is 0 Å². The first-order valence-electron chi connectivity index (χ1n) is 18.5. The smallest absolute Gasteiger partial charge is 0.155 e. The minimum atomic E-state index is -0.125. The van der Waals surface area contributed by atoms with E-state index in [9.17, 15) is 4.79 Å². The molecule has 0 fully saturated rings. The number of rotatable bonds is 5. The number of aliphatic hydroxyl groups is 1. The van der Waals surface area contributed by atoms with Crippen LogP contribution in [0.2, 0.25) is 0 Å². The molecule has 10 rings (SSSR count). The Balaban J connectivity index is 0.000000150. The van der Waals surface area contributed by atoms with E-state index in [0.29, 0.717) is 0 Å². The number of fused-ring (bicyclic) bond motifs is 6. The van der Waals surface area contributed by atoms with Crippen LogP contribution in [0.3, 0.4) is 0 Å². The van der Waals surface area contributed by atoms with Crippen LogP contribution < -0.4 is 0 Å². The van der Waals surface area contributed by atoms with Crippen molar-refractivity contribution in [1.82, 2.24) is 9.97 Å². The standard InChI is InChI=1S/2C23H14NO.C5H8O2.Ir/c2*1-3-7-16(8-4-1)18-11-12-19-21(15-18)25-20-13-14-24-23(22(19)20)17-9-5-2-6-10-17;1-4(6)3-5(2)7;/h2*1-9,11-15H;3,6H,1-2H3;/q2*-1;;/b;;4-3-;. The van der Waals surface area contributed by atoms with Gasteiger partial charge in [0.2, 0.25) is 0 Å². The van der Waals surface area contributed by atoms with Gasteiger partial charge in [-0.2, -0.15) is 0 Å². The van der Waals surface area contributed by atoms with Crippen LogP contribution in [-0.2, 0) is 24.9 Å². The molecule has 6 nitrogen and oxygen atoms in total. The second-order valence-corrected chi connectivity index (χ2v) is 13.4. The molecule has 1 radical (unpaired) electrons. The molecule has 0 aliphatic carbocycles. The number of carbonyl (C=O) groups excluding carboxylic acids is 1. The number of furan rings is 2. The molecule has 4 aromatic heterocycles. The Bertz CT molecular complexity index is 2800. The maximum absolute atomic E-state index is 10.0. The number of ketones is 1. The number of allylic oxidation sites excluding steroid dienone is 2. The molecule has 0 saturated carbocycles. The molecule has 0 atom stereocenters. The van der Waals surface area contributed by atoms with Crippen molar-refractivity contribution in [3.63, 3.8) is 0 Å². The largest absolute Gasteiger partial charge is 0.512 e. The molecule has 0 bridgehead atoms. The Labute approximate surface area is 349 Å².